The van der Waals surface area contributed by atoms with Crippen LogP contribution in [0.3, 0.4) is 0 Å². The van der Waals surface area contributed by atoms with Crippen molar-refractivity contribution in [3.63, 3.8) is 0 Å². The molecule has 1 heterocycles. The maximum atomic E-state index is 3.63. The maximum absolute atomic E-state index is 3.63. The van der Waals surface area contributed by atoms with Crippen molar-refractivity contribution >= 4 is 5.69 Å². The Bertz CT molecular complexity index is 565. The largest absolute Gasteiger partial charge is 0.381 e. The summed E-state index contributed by atoms with van der Waals surface area (Å²) in [5.41, 5.74) is 5.82. The zero-order chi connectivity index (χ0) is 14.2. The van der Waals surface area contributed by atoms with Gasteiger partial charge >= 0.3 is 0 Å². The van der Waals surface area contributed by atoms with Crippen LogP contribution in [0.5, 0.6) is 0 Å². The van der Waals surface area contributed by atoms with Gasteiger partial charge in [-0.1, -0.05) is 63.2 Å². The van der Waals surface area contributed by atoms with Crippen LogP contribution in [0.2, 0.25) is 0 Å². The molecule has 0 saturated carbocycles. The van der Waals surface area contributed by atoms with E-state index in [1.54, 1.807) is 0 Å². The van der Waals surface area contributed by atoms with Gasteiger partial charge in [-0.05, 0) is 41.0 Å². The van der Waals surface area contributed by atoms with E-state index in [4.69, 9.17) is 0 Å². The normalized spacial score (nSPS) is 17.6. The summed E-state index contributed by atoms with van der Waals surface area (Å²) < 4.78 is 0. The van der Waals surface area contributed by atoms with Gasteiger partial charge < -0.3 is 5.32 Å². The van der Waals surface area contributed by atoms with Gasteiger partial charge in [-0.25, -0.2) is 0 Å². The fourth-order valence-electron chi connectivity index (χ4n) is 2.92. The van der Waals surface area contributed by atoms with Gasteiger partial charge in [-0.15, -0.1) is 0 Å². The standard InChI is InChI=1S/C19H23N/c1-19(2,3)16-10-8-14(9-11-16)12-17-13-15-6-4-5-7-18(15)20-17/h4-11,17,20H,12-13H2,1-3H3. The smallest absolute Gasteiger partial charge is 0.0375 e. The van der Waals surface area contributed by atoms with Crippen LogP contribution in [0.4, 0.5) is 5.69 Å². The Hall–Kier alpha value is -1.76. The Morgan fingerprint density at radius 1 is 1.00 bits per heavy atom. The molecule has 0 aromatic heterocycles. The van der Waals surface area contributed by atoms with Crippen LogP contribution in [0, 0.1) is 0 Å². The molecule has 0 amide bonds. The summed E-state index contributed by atoms with van der Waals surface area (Å²) in [6, 6.07) is 18.3. The van der Waals surface area contributed by atoms with E-state index < -0.39 is 0 Å². The second-order valence-corrected chi connectivity index (χ2v) is 6.85. The van der Waals surface area contributed by atoms with E-state index in [0.717, 1.165) is 12.8 Å². The van der Waals surface area contributed by atoms with Crippen LogP contribution in [0.15, 0.2) is 48.5 Å². The lowest BCUT2D eigenvalue weighted by Gasteiger charge is -2.19. The Labute approximate surface area is 122 Å². The number of rotatable bonds is 2. The van der Waals surface area contributed by atoms with E-state index >= 15 is 0 Å². The van der Waals surface area contributed by atoms with Crippen LogP contribution in [0.25, 0.3) is 0 Å². The van der Waals surface area contributed by atoms with E-state index in [2.05, 4.69) is 74.6 Å². The molecule has 20 heavy (non-hydrogen) atoms. The second kappa shape index (κ2) is 4.97. The molecule has 0 fully saturated rings. The quantitative estimate of drug-likeness (QED) is 0.839. The van der Waals surface area contributed by atoms with Gasteiger partial charge in [0.25, 0.3) is 0 Å². The van der Waals surface area contributed by atoms with Crippen LogP contribution in [-0.2, 0) is 18.3 Å². The Morgan fingerprint density at radius 2 is 1.70 bits per heavy atom. The molecule has 2 aromatic rings. The fourth-order valence-corrected chi connectivity index (χ4v) is 2.92. The van der Waals surface area contributed by atoms with E-state index in [-0.39, 0.29) is 5.41 Å². The topological polar surface area (TPSA) is 12.0 Å². The molecule has 0 spiro atoms. The number of nitrogens with one attached hydrogen (secondary N) is 1. The highest BCUT2D eigenvalue weighted by atomic mass is 14.9. The first-order valence-corrected chi connectivity index (χ1v) is 7.46. The van der Waals surface area contributed by atoms with E-state index in [1.165, 1.54) is 22.4 Å². The monoisotopic (exact) mass is 265 g/mol. The molecule has 1 aliphatic heterocycles. The molecule has 1 N–H and O–H groups in total. The number of hydrogen-bond acceptors (Lipinski definition) is 1. The minimum Gasteiger partial charge on any atom is -0.381 e. The highest BCUT2D eigenvalue weighted by molar-refractivity contribution is 5.56. The molecule has 1 heteroatoms. The summed E-state index contributed by atoms with van der Waals surface area (Å²) in [4.78, 5) is 0. The molecule has 1 atom stereocenters. The third-order valence-corrected chi connectivity index (χ3v) is 4.15. The Morgan fingerprint density at radius 3 is 2.35 bits per heavy atom. The van der Waals surface area contributed by atoms with Gasteiger partial charge in [0.2, 0.25) is 0 Å². The summed E-state index contributed by atoms with van der Waals surface area (Å²) >= 11 is 0. The summed E-state index contributed by atoms with van der Waals surface area (Å²) in [6.07, 6.45) is 2.23. The highest BCUT2D eigenvalue weighted by Gasteiger charge is 2.20. The van der Waals surface area contributed by atoms with Crippen molar-refractivity contribution in [2.45, 2.75) is 45.1 Å². The van der Waals surface area contributed by atoms with Crippen molar-refractivity contribution in [1.82, 2.24) is 0 Å². The van der Waals surface area contributed by atoms with Gasteiger partial charge in [0, 0.05) is 11.7 Å². The summed E-state index contributed by atoms with van der Waals surface area (Å²) in [5.74, 6) is 0. The van der Waals surface area contributed by atoms with E-state index in [1.807, 2.05) is 0 Å². The molecule has 0 saturated heterocycles. The van der Waals surface area contributed by atoms with Gasteiger partial charge in [0.1, 0.15) is 0 Å². The molecule has 2 aromatic carbocycles. The van der Waals surface area contributed by atoms with Gasteiger partial charge in [0.15, 0.2) is 0 Å². The molecule has 0 bridgehead atoms. The average Bonchev–Trinajstić information content (AvgIpc) is 2.80. The fraction of sp³-hybridized carbons (Fsp3) is 0.368. The lowest BCUT2D eigenvalue weighted by molar-refractivity contribution is 0.589. The lowest BCUT2D eigenvalue weighted by Crippen LogP contribution is -2.18. The van der Waals surface area contributed by atoms with Crippen LogP contribution >= 0.6 is 0 Å². The Kier molecular flexibility index (Phi) is 3.29. The molecule has 3 rings (SSSR count). The van der Waals surface area contributed by atoms with Crippen molar-refractivity contribution in [3.8, 4) is 0 Å². The molecule has 0 radical (unpaired) electrons. The maximum Gasteiger partial charge on any atom is 0.0375 e. The number of hydrogen-bond donors (Lipinski definition) is 1. The lowest BCUT2D eigenvalue weighted by atomic mass is 9.86. The van der Waals surface area contributed by atoms with Gasteiger partial charge in [-0.2, -0.15) is 0 Å². The zero-order valence-electron chi connectivity index (χ0n) is 12.6. The third kappa shape index (κ3) is 2.72. The molecule has 1 aliphatic rings. The Balaban J connectivity index is 1.68. The molecular weight excluding hydrogens is 242 g/mol. The van der Waals surface area contributed by atoms with Crippen molar-refractivity contribution in [3.05, 3.63) is 65.2 Å². The number of anilines is 1. The highest BCUT2D eigenvalue weighted by Crippen LogP contribution is 2.27. The van der Waals surface area contributed by atoms with Crippen molar-refractivity contribution < 1.29 is 0 Å². The SMILES string of the molecule is CC(C)(C)c1ccc(CC2Cc3ccccc3N2)cc1. The first kappa shape index (κ1) is 13.2. The summed E-state index contributed by atoms with van der Waals surface area (Å²) in [7, 11) is 0. The number of para-hydroxylation sites is 1. The molecule has 0 aliphatic carbocycles. The van der Waals surface area contributed by atoms with Crippen LogP contribution in [0.1, 0.15) is 37.5 Å². The minimum atomic E-state index is 0.236. The first-order chi connectivity index (χ1) is 9.52. The van der Waals surface area contributed by atoms with Crippen molar-refractivity contribution in [2.75, 3.05) is 5.32 Å². The van der Waals surface area contributed by atoms with Crippen molar-refractivity contribution in [2.24, 2.45) is 0 Å². The summed E-state index contributed by atoms with van der Waals surface area (Å²) in [6.45, 7) is 6.78. The third-order valence-electron chi connectivity index (χ3n) is 4.15. The average molecular weight is 265 g/mol. The van der Waals surface area contributed by atoms with Gasteiger partial charge in [-0.3, -0.25) is 0 Å². The molecular formula is C19H23N. The predicted molar refractivity (Wildman–Crippen MR) is 86.4 cm³/mol. The van der Waals surface area contributed by atoms with Crippen molar-refractivity contribution in [1.29, 1.82) is 0 Å². The second-order valence-electron chi connectivity index (χ2n) is 6.85. The van der Waals surface area contributed by atoms with E-state index in [9.17, 15) is 0 Å². The number of benzene rings is 2. The first-order valence-electron chi connectivity index (χ1n) is 7.46. The molecule has 104 valence electrons. The molecule has 1 nitrogen and oxygen atoms in total. The molecule has 1 unspecified atom stereocenters. The van der Waals surface area contributed by atoms with E-state index in [0.29, 0.717) is 6.04 Å². The predicted octanol–water partition coefficient (Wildman–Crippen LogP) is 4.56. The van der Waals surface area contributed by atoms with Crippen LogP contribution < -0.4 is 5.32 Å². The minimum absolute atomic E-state index is 0.236. The number of fused-ring (bicyclic) bond motifs is 1. The van der Waals surface area contributed by atoms with Crippen LogP contribution in [-0.4, -0.2) is 6.04 Å². The van der Waals surface area contributed by atoms with Gasteiger partial charge in [0.05, 0.1) is 0 Å². The zero-order valence-corrected chi connectivity index (χ0v) is 12.6. The summed E-state index contributed by atoms with van der Waals surface area (Å²) in [5, 5.41) is 3.63.